The van der Waals surface area contributed by atoms with Gasteiger partial charge >= 0.3 is 0 Å². The Morgan fingerprint density at radius 2 is 1.83 bits per heavy atom. The number of aryl methyl sites for hydroxylation is 2. The van der Waals surface area contributed by atoms with Gasteiger partial charge in [-0.3, -0.25) is 14.8 Å². The van der Waals surface area contributed by atoms with E-state index in [2.05, 4.69) is 4.72 Å². The number of sulfonamides is 1. The van der Waals surface area contributed by atoms with Crippen molar-refractivity contribution >= 4 is 21.4 Å². The van der Waals surface area contributed by atoms with E-state index in [9.17, 15) is 18.5 Å². The van der Waals surface area contributed by atoms with E-state index in [-0.39, 0.29) is 16.3 Å². The number of nitro benzene ring substituents is 1. The van der Waals surface area contributed by atoms with E-state index in [1.807, 2.05) is 13.0 Å². The van der Waals surface area contributed by atoms with Gasteiger partial charge in [-0.05, 0) is 31.5 Å². The van der Waals surface area contributed by atoms with E-state index in [1.54, 1.807) is 19.1 Å². The second kappa shape index (κ2) is 6.25. The number of nitrogens with zero attached hydrogens (tertiary/aromatic N) is 1. The van der Waals surface area contributed by atoms with E-state index in [0.29, 0.717) is 5.69 Å². The third-order valence-corrected chi connectivity index (χ3v) is 4.66. The van der Waals surface area contributed by atoms with Crippen LogP contribution in [-0.2, 0) is 10.0 Å². The number of nitro groups is 1. The molecule has 0 spiro atoms. The first kappa shape index (κ1) is 16.8. The molecule has 7 nitrogen and oxygen atoms in total. The highest BCUT2D eigenvalue weighted by Gasteiger charge is 2.23. The second-order valence-electron chi connectivity index (χ2n) is 5.02. The van der Waals surface area contributed by atoms with Crippen molar-refractivity contribution in [1.82, 2.24) is 0 Å². The monoisotopic (exact) mass is 336 g/mol. The minimum absolute atomic E-state index is 0.0351. The Kier molecular flexibility index (Phi) is 4.55. The van der Waals surface area contributed by atoms with Crippen molar-refractivity contribution in [2.24, 2.45) is 0 Å². The van der Waals surface area contributed by atoms with E-state index in [1.165, 1.54) is 19.2 Å². The molecule has 0 aliphatic carbocycles. The lowest BCUT2D eigenvalue weighted by molar-refractivity contribution is -0.385. The molecule has 0 aliphatic rings. The van der Waals surface area contributed by atoms with Crippen molar-refractivity contribution < 1.29 is 18.1 Å². The summed E-state index contributed by atoms with van der Waals surface area (Å²) in [5, 5.41) is 10.9. The van der Waals surface area contributed by atoms with Gasteiger partial charge in [0.25, 0.3) is 15.7 Å². The molecule has 0 radical (unpaired) electrons. The molecule has 0 heterocycles. The molecule has 23 heavy (non-hydrogen) atoms. The van der Waals surface area contributed by atoms with Gasteiger partial charge in [0, 0.05) is 12.1 Å². The van der Waals surface area contributed by atoms with Crippen LogP contribution in [0.3, 0.4) is 0 Å². The van der Waals surface area contributed by atoms with E-state index in [0.717, 1.165) is 17.2 Å². The summed E-state index contributed by atoms with van der Waals surface area (Å²) in [7, 11) is -2.72. The molecule has 122 valence electrons. The maximum Gasteiger partial charge on any atom is 0.271 e. The second-order valence-corrected chi connectivity index (χ2v) is 6.67. The lowest BCUT2D eigenvalue weighted by Gasteiger charge is -2.13. The zero-order valence-corrected chi connectivity index (χ0v) is 13.7. The van der Waals surface area contributed by atoms with Crippen molar-refractivity contribution in [2.45, 2.75) is 18.7 Å². The van der Waals surface area contributed by atoms with Crippen molar-refractivity contribution in [2.75, 3.05) is 11.8 Å². The highest BCUT2D eigenvalue weighted by atomic mass is 32.2. The third kappa shape index (κ3) is 3.59. The predicted octanol–water partition coefficient (Wildman–Crippen LogP) is 3.02. The number of ether oxygens (including phenoxy) is 1. The van der Waals surface area contributed by atoms with Gasteiger partial charge in [0.05, 0.1) is 17.7 Å². The molecular weight excluding hydrogens is 320 g/mol. The van der Waals surface area contributed by atoms with Crippen molar-refractivity contribution in [3.05, 3.63) is 57.6 Å². The molecule has 1 N–H and O–H groups in total. The molecule has 0 atom stereocenters. The first-order chi connectivity index (χ1) is 10.7. The maximum atomic E-state index is 12.6. The Balaban J connectivity index is 2.50. The minimum Gasteiger partial charge on any atom is -0.495 e. The van der Waals surface area contributed by atoms with Gasteiger partial charge in [-0.1, -0.05) is 17.7 Å². The Hall–Kier alpha value is -2.61. The molecule has 8 heteroatoms. The van der Waals surface area contributed by atoms with Crippen LogP contribution in [0.4, 0.5) is 11.4 Å². The molecule has 0 saturated carbocycles. The number of nitrogens with one attached hydrogen (secondary N) is 1. The Morgan fingerprint density at radius 3 is 2.39 bits per heavy atom. The zero-order chi connectivity index (χ0) is 17.2. The first-order valence-corrected chi connectivity index (χ1v) is 8.15. The van der Waals surface area contributed by atoms with Crippen LogP contribution in [0, 0.1) is 24.0 Å². The predicted molar refractivity (Wildman–Crippen MR) is 86.4 cm³/mol. The summed E-state index contributed by atoms with van der Waals surface area (Å²) >= 11 is 0. The lowest BCUT2D eigenvalue weighted by atomic mass is 10.1. The summed E-state index contributed by atoms with van der Waals surface area (Å²) in [4.78, 5) is 9.94. The van der Waals surface area contributed by atoms with E-state index < -0.39 is 14.9 Å². The third-order valence-electron chi connectivity index (χ3n) is 3.27. The minimum atomic E-state index is -4.03. The fourth-order valence-corrected chi connectivity index (χ4v) is 3.44. The van der Waals surface area contributed by atoms with Gasteiger partial charge in [-0.15, -0.1) is 0 Å². The maximum absolute atomic E-state index is 12.6. The van der Waals surface area contributed by atoms with Crippen molar-refractivity contribution in [1.29, 1.82) is 0 Å². The Bertz CT molecular complexity index is 862. The van der Waals surface area contributed by atoms with Gasteiger partial charge in [0.2, 0.25) is 0 Å². The average molecular weight is 336 g/mol. The van der Waals surface area contributed by atoms with Gasteiger partial charge < -0.3 is 4.74 Å². The summed E-state index contributed by atoms with van der Waals surface area (Å²) in [6.07, 6.45) is 0. The van der Waals surface area contributed by atoms with E-state index >= 15 is 0 Å². The SMILES string of the molecule is COc1ccc([N+](=O)[O-])cc1S(=O)(=O)Nc1ccc(C)cc1C. The quantitative estimate of drug-likeness (QED) is 0.668. The number of methoxy groups -OCH3 is 1. The topological polar surface area (TPSA) is 98.5 Å². The molecule has 0 amide bonds. The summed E-state index contributed by atoms with van der Waals surface area (Å²) in [6.45, 7) is 3.67. The van der Waals surface area contributed by atoms with Crippen LogP contribution in [0.15, 0.2) is 41.3 Å². The number of rotatable bonds is 5. The van der Waals surface area contributed by atoms with Gasteiger partial charge in [-0.2, -0.15) is 0 Å². The molecule has 2 aromatic rings. The standard InChI is InChI=1S/C15H16N2O5S/c1-10-4-6-13(11(2)8-10)16-23(20,21)15-9-12(17(18)19)5-7-14(15)22-3/h4-9,16H,1-3H3. The van der Waals surface area contributed by atoms with Crippen LogP contribution in [0.5, 0.6) is 5.75 Å². The summed E-state index contributed by atoms with van der Waals surface area (Å²) < 4.78 is 32.6. The highest BCUT2D eigenvalue weighted by Crippen LogP contribution is 2.30. The molecule has 0 saturated heterocycles. The number of anilines is 1. The van der Waals surface area contributed by atoms with E-state index in [4.69, 9.17) is 4.74 Å². The van der Waals surface area contributed by atoms with Crippen LogP contribution < -0.4 is 9.46 Å². The number of benzene rings is 2. The normalized spacial score (nSPS) is 11.1. The van der Waals surface area contributed by atoms with Gasteiger partial charge in [0.15, 0.2) is 0 Å². The summed E-state index contributed by atoms with van der Waals surface area (Å²) in [6, 6.07) is 8.68. The first-order valence-electron chi connectivity index (χ1n) is 6.67. The molecular formula is C15H16N2O5S. The summed E-state index contributed by atoms with van der Waals surface area (Å²) in [5.41, 5.74) is 1.83. The number of hydrogen-bond donors (Lipinski definition) is 1. The molecule has 0 bridgehead atoms. The van der Waals surface area contributed by atoms with Gasteiger partial charge in [-0.25, -0.2) is 8.42 Å². The van der Waals surface area contributed by atoms with Crippen LogP contribution in [0.1, 0.15) is 11.1 Å². The Labute approximate surface area is 134 Å². The zero-order valence-electron chi connectivity index (χ0n) is 12.9. The molecule has 2 aromatic carbocycles. The van der Waals surface area contributed by atoms with Crippen molar-refractivity contribution in [3.63, 3.8) is 0 Å². The molecule has 0 unspecified atom stereocenters. The van der Waals surface area contributed by atoms with Crippen LogP contribution >= 0.6 is 0 Å². The highest BCUT2D eigenvalue weighted by molar-refractivity contribution is 7.92. The lowest BCUT2D eigenvalue weighted by Crippen LogP contribution is -2.15. The average Bonchev–Trinajstić information content (AvgIpc) is 2.49. The fraction of sp³-hybridized carbons (Fsp3) is 0.200. The molecule has 0 fully saturated rings. The smallest absolute Gasteiger partial charge is 0.271 e. The van der Waals surface area contributed by atoms with Crippen molar-refractivity contribution in [3.8, 4) is 5.75 Å². The number of non-ortho nitro benzene ring substituents is 1. The molecule has 0 aromatic heterocycles. The largest absolute Gasteiger partial charge is 0.495 e. The molecule has 0 aliphatic heterocycles. The van der Waals surface area contributed by atoms with Crippen LogP contribution in [0.2, 0.25) is 0 Å². The summed E-state index contributed by atoms with van der Waals surface area (Å²) in [5.74, 6) is 0.0351. The number of hydrogen-bond acceptors (Lipinski definition) is 5. The molecule has 2 rings (SSSR count). The Morgan fingerprint density at radius 1 is 1.13 bits per heavy atom. The van der Waals surface area contributed by atoms with Crippen LogP contribution in [-0.4, -0.2) is 20.5 Å². The fourth-order valence-electron chi connectivity index (χ4n) is 2.12. The van der Waals surface area contributed by atoms with Crippen LogP contribution in [0.25, 0.3) is 0 Å². The van der Waals surface area contributed by atoms with Gasteiger partial charge in [0.1, 0.15) is 10.6 Å².